The van der Waals surface area contributed by atoms with Gasteiger partial charge in [0.1, 0.15) is 0 Å². The summed E-state index contributed by atoms with van der Waals surface area (Å²) < 4.78 is 5.43. The highest BCUT2D eigenvalue weighted by Crippen LogP contribution is 2.25. The Bertz CT molecular complexity index is 431. The Morgan fingerprint density at radius 2 is 2.33 bits per heavy atom. The molecule has 0 N–H and O–H groups in total. The second-order valence-corrected chi connectivity index (χ2v) is 5.57. The van der Waals surface area contributed by atoms with Crippen molar-refractivity contribution in [2.45, 2.75) is 45.6 Å². The largest absolute Gasteiger partial charge is 0.436 e. The first kappa shape index (κ1) is 13.6. The molecule has 1 aliphatic heterocycles. The maximum Gasteiger partial charge on any atom is 0.291 e. The van der Waals surface area contributed by atoms with E-state index in [1.807, 2.05) is 11.8 Å². The van der Waals surface area contributed by atoms with Gasteiger partial charge in [-0.2, -0.15) is 0 Å². The Morgan fingerprint density at radius 3 is 2.94 bits per heavy atom. The summed E-state index contributed by atoms with van der Waals surface area (Å²) in [5.41, 5.74) is 0.698. The number of likely N-dealkylation sites (tertiary alicyclic amines) is 1. The van der Waals surface area contributed by atoms with Gasteiger partial charge < -0.3 is 9.32 Å². The third-order valence-electron chi connectivity index (χ3n) is 3.41. The molecule has 1 aromatic rings. The molecular weight excluding hydrogens is 296 g/mol. The molecule has 1 amide bonds. The lowest BCUT2D eigenvalue weighted by molar-refractivity contribution is 0.0695. The van der Waals surface area contributed by atoms with Gasteiger partial charge in [0.2, 0.25) is 5.76 Å². The predicted octanol–water partition coefficient (Wildman–Crippen LogP) is 3.07. The van der Waals surface area contributed by atoms with Crippen molar-refractivity contribution in [1.29, 1.82) is 0 Å². The number of halogens is 1. The standard InChI is InChI=1S/C13H19BrN2O2/c1-9-12(18-10(2)15-9)13(17)16-8-4-6-11(16)5-3-7-14/h11H,3-8H2,1-2H3. The van der Waals surface area contributed by atoms with E-state index in [0.717, 1.165) is 37.6 Å². The lowest BCUT2D eigenvalue weighted by Crippen LogP contribution is -2.35. The molecule has 1 saturated heterocycles. The van der Waals surface area contributed by atoms with Gasteiger partial charge in [-0.15, -0.1) is 0 Å². The van der Waals surface area contributed by atoms with Crippen molar-refractivity contribution >= 4 is 21.8 Å². The van der Waals surface area contributed by atoms with Gasteiger partial charge in [-0.25, -0.2) is 4.98 Å². The molecule has 1 fully saturated rings. The van der Waals surface area contributed by atoms with E-state index < -0.39 is 0 Å². The van der Waals surface area contributed by atoms with Crippen molar-refractivity contribution < 1.29 is 9.21 Å². The average molecular weight is 315 g/mol. The number of carbonyl (C=O) groups excluding carboxylic acids is 1. The minimum atomic E-state index is 0.00479. The van der Waals surface area contributed by atoms with E-state index in [9.17, 15) is 4.79 Å². The maximum absolute atomic E-state index is 12.4. The molecule has 2 heterocycles. The molecule has 1 aromatic heterocycles. The first-order valence-electron chi connectivity index (χ1n) is 6.44. The zero-order valence-electron chi connectivity index (χ0n) is 10.9. The van der Waals surface area contributed by atoms with E-state index in [4.69, 9.17) is 4.42 Å². The summed E-state index contributed by atoms with van der Waals surface area (Å²) in [7, 11) is 0. The average Bonchev–Trinajstić information content (AvgIpc) is 2.92. The summed E-state index contributed by atoms with van der Waals surface area (Å²) in [6.07, 6.45) is 4.35. The third kappa shape index (κ3) is 2.76. The van der Waals surface area contributed by atoms with Crippen molar-refractivity contribution in [2.24, 2.45) is 0 Å². The molecule has 2 rings (SSSR count). The fraction of sp³-hybridized carbons (Fsp3) is 0.692. The molecule has 1 atom stereocenters. The lowest BCUT2D eigenvalue weighted by atomic mass is 10.1. The van der Waals surface area contributed by atoms with Crippen LogP contribution >= 0.6 is 15.9 Å². The van der Waals surface area contributed by atoms with Gasteiger partial charge in [-0.3, -0.25) is 4.79 Å². The third-order valence-corrected chi connectivity index (χ3v) is 3.97. The monoisotopic (exact) mass is 314 g/mol. The first-order valence-corrected chi connectivity index (χ1v) is 7.56. The number of aromatic nitrogens is 1. The molecule has 0 spiro atoms. The zero-order valence-corrected chi connectivity index (χ0v) is 12.5. The number of amides is 1. The SMILES string of the molecule is Cc1nc(C)c(C(=O)N2CCCC2CCCBr)o1. The summed E-state index contributed by atoms with van der Waals surface area (Å²) >= 11 is 3.44. The van der Waals surface area contributed by atoms with Gasteiger partial charge in [-0.1, -0.05) is 15.9 Å². The topological polar surface area (TPSA) is 46.3 Å². The molecule has 1 unspecified atom stereocenters. The van der Waals surface area contributed by atoms with E-state index in [2.05, 4.69) is 20.9 Å². The molecule has 18 heavy (non-hydrogen) atoms. The highest BCUT2D eigenvalue weighted by Gasteiger charge is 2.31. The number of oxazole rings is 1. The summed E-state index contributed by atoms with van der Waals surface area (Å²) in [5, 5.41) is 0.992. The van der Waals surface area contributed by atoms with Gasteiger partial charge in [0.05, 0.1) is 5.69 Å². The molecule has 0 saturated carbocycles. The number of hydrogen-bond donors (Lipinski definition) is 0. The van der Waals surface area contributed by atoms with Gasteiger partial charge in [0.25, 0.3) is 5.91 Å². The van der Waals surface area contributed by atoms with Crippen LogP contribution in [0.3, 0.4) is 0 Å². The Hall–Kier alpha value is -0.840. The van der Waals surface area contributed by atoms with E-state index in [1.165, 1.54) is 0 Å². The summed E-state index contributed by atoms with van der Waals surface area (Å²) in [6, 6.07) is 0.361. The zero-order chi connectivity index (χ0) is 13.1. The van der Waals surface area contributed by atoms with Crippen molar-refractivity contribution in [3.05, 3.63) is 17.3 Å². The minimum absolute atomic E-state index is 0.00479. The highest BCUT2D eigenvalue weighted by molar-refractivity contribution is 9.09. The Balaban J connectivity index is 2.10. The van der Waals surface area contributed by atoms with Gasteiger partial charge in [0.15, 0.2) is 5.89 Å². The Morgan fingerprint density at radius 1 is 1.56 bits per heavy atom. The molecule has 100 valence electrons. The highest BCUT2D eigenvalue weighted by atomic mass is 79.9. The van der Waals surface area contributed by atoms with Crippen LogP contribution in [-0.4, -0.2) is 33.7 Å². The Kier molecular flexibility index (Phi) is 4.43. The van der Waals surface area contributed by atoms with Crippen LogP contribution in [0.5, 0.6) is 0 Å². The van der Waals surface area contributed by atoms with Gasteiger partial charge in [-0.05, 0) is 32.6 Å². The molecule has 4 nitrogen and oxygen atoms in total. The number of rotatable bonds is 4. The predicted molar refractivity (Wildman–Crippen MR) is 73.1 cm³/mol. The van der Waals surface area contributed by atoms with Crippen molar-refractivity contribution in [3.8, 4) is 0 Å². The van der Waals surface area contributed by atoms with Crippen molar-refractivity contribution in [1.82, 2.24) is 9.88 Å². The van der Waals surface area contributed by atoms with Crippen LogP contribution in [0.15, 0.2) is 4.42 Å². The van der Waals surface area contributed by atoms with Gasteiger partial charge in [0, 0.05) is 24.8 Å². The molecule has 0 radical (unpaired) electrons. The molecule has 0 aromatic carbocycles. The van der Waals surface area contributed by atoms with Crippen molar-refractivity contribution in [2.75, 3.05) is 11.9 Å². The van der Waals surface area contributed by atoms with Crippen LogP contribution in [0.25, 0.3) is 0 Å². The fourth-order valence-electron chi connectivity index (χ4n) is 2.58. The van der Waals surface area contributed by atoms with Crippen LogP contribution in [-0.2, 0) is 0 Å². The minimum Gasteiger partial charge on any atom is -0.436 e. The molecule has 0 bridgehead atoms. The number of hydrogen-bond acceptors (Lipinski definition) is 3. The summed E-state index contributed by atoms with van der Waals surface area (Å²) in [6.45, 7) is 4.44. The van der Waals surface area contributed by atoms with Crippen molar-refractivity contribution in [3.63, 3.8) is 0 Å². The smallest absolute Gasteiger partial charge is 0.291 e. The fourth-order valence-corrected chi connectivity index (χ4v) is 2.90. The number of alkyl halides is 1. The second kappa shape index (κ2) is 5.87. The van der Waals surface area contributed by atoms with Crippen LogP contribution in [0.4, 0.5) is 0 Å². The first-order chi connectivity index (χ1) is 8.63. The number of aryl methyl sites for hydroxylation is 2. The molecule has 1 aliphatic rings. The number of carbonyl (C=O) groups is 1. The van der Waals surface area contributed by atoms with Gasteiger partial charge >= 0.3 is 0 Å². The van der Waals surface area contributed by atoms with Crippen LogP contribution < -0.4 is 0 Å². The van der Waals surface area contributed by atoms with E-state index in [-0.39, 0.29) is 5.91 Å². The number of nitrogens with zero attached hydrogens (tertiary/aromatic N) is 2. The van der Waals surface area contributed by atoms with Crippen LogP contribution in [0.2, 0.25) is 0 Å². The Labute approximate surface area is 116 Å². The van der Waals surface area contributed by atoms with E-state index in [1.54, 1.807) is 6.92 Å². The summed E-state index contributed by atoms with van der Waals surface area (Å²) in [5.74, 6) is 0.982. The molecule has 5 heteroatoms. The quantitative estimate of drug-likeness (QED) is 0.802. The summed E-state index contributed by atoms with van der Waals surface area (Å²) in [4.78, 5) is 18.6. The second-order valence-electron chi connectivity index (χ2n) is 4.77. The molecule has 0 aliphatic carbocycles. The van der Waals surface area contributed by atoms with Crippen LogP contribution in [0.1, 0.15) is 47.8 Å². The van der Waals surface area contributed by atoms with Crippen LogP contribution in [0, 0.1) is 13.8 Å². The maximum atomic E-state index is 12.4. The lowest BCUT2D eigenvalue weighted by Gasteiger charge is -2.23. The normalized spacial score (nSPS) is 19.5. The molecular formula is C13H19BrN2O2. The van der Waals surface area contributed by atoms with E-state index >= 15 is 0 Å². The van der Waals surface area contributed by atoms with E-state index in [0.29, 0.717) is 23.4 Å².